The third-order valence-corrected chi connectivity index (χ3v) is 4.65. The molecule has 0 aromatic heterocycles. The molecule has 1 heterocycles. The van der Waals surface area contributed by atoms with Gasteiger partial charge in [0.1, 0.15) is 5.25 Å². The Morgan fingerprint density at radius 2 is 2.09 bits per heavy atom. The third-order valence-electron chi connectivity index (χ3n) is 3.40. The highest BCUT2D eigenvalue weighted by molar-refractivity contribution is 7.89. The molecule has 0 bridgehead atoms. The summed E-state index contributed by atoms with van der Waals surface area (Å²) in [7, 11) is -2.81. The van der Waals surface area contributed by atoms with Crippen LogP contribution in [0.3, 0.4) is 0 Å². The standard InChI is InChI=1S/C12H13N3O7S/c1-22-12(17)7-2-8(4-9(3-7)15(18)19)14-6-10(5-11(14)16)23(13,20)21/h2-4,10H,5-6H2,1H3,(H2,13,20,21). The van der Waals surface area contributed by atoms with Gasteiger partial charge in [-0.1, -0.05) is 0 Å². The van der Waals surface area contributed by atoms with E-state index in [-0.39, 0.29) is 24.2 Å². The Balaban J connectivity index is 2.46. The van der Waals surface area contributed by atoms with Gasteiger partial charge in [0.15, 0.2) is 0 Å². The van der Waals surface area contributed by atoms with E-state index in [9.17, 15) is 28.1 Å². The number of amides is 1. The average Bonchev–Trinajstić information content (AvgIpc) is 2.88. The third kappa shape index (κ3) is 3.46. The maximum atomic E-state index is 12.0. The molecule has 1 aromatic carbocycles. The number of nitro benzene ring substituents is 1. The van der Waals surface area contributed by atoms with Crippen LogP contribution in [0.5, 0.6) is 0 Å². The molecule has 2 N–H and O–H groups in total. The molecule has 1 unspecified atom stereocenters. The Morgan fingerprint density at radius 3 is 2.57 bits per heavy atom. The van der Waals surface area contributed by atoms with Crippen molar-refractivity contribution in [2.24, 2.45) is 5.14 Å². The van der Waals surface area contributed by atoms with Crippen LogP contribution in [0.25, 0.3) is 0 Å². The van der Waals surface area contributed by atoms with Gasteiger partial charge in [0, 0.05) is 25.1 Å². The molecule has 1 atom stereocenters. The molecular weight excluding hydrogens is 330 g/mol. The van der Waals surface area contributed by atoms with Crippen LogP contribution in [0.15, 0.2) is 18.2 Å². The number of carbonyl (C=O) groups is 2. The number of primary sulfonamides is 1. The first kappa shape index (κ1) is 16.8. The summed E-state index contributed by atoms with van der Waals surface area (Å²) in [6.07, 6.45) is -0.324. The summed E-state index contributed by atoms with van der Waals surface area (Å²) in [5.41, 5.74) is -0.505. The van der Waals surface area contributed by atoms with Gasteiger partial charge in [-0.3, -0.25) is 14.9 Å². The van der Waals surface area contributed by atoms with Crippen molar-refractivity contribution in [3.63, 3.8) is 0 Å². The van der Waals surface area contributed by atoms with Gasteiger partial charge in [-0.05, 0) is 6.07 Å². The molecule has 1 amide bonds. The van der Waals surface area contributed by atoms with E-state index in [4.69, 9.17) is 5.14 Å². The molecule has 1 aliphatic heterocycles. The van der Waals surface area contributed by atoms with Crippen molar-refractivity contribution in [2.75, 3.05) is 18.6 Å². The van der Waals surface area contributed by atoms with Crippen molar-refractivity contribution < 1.29 is 27.7 Å². The summed E-state index contributed by atoms with van der Waals surface area (Å²) < 4.78 is 27.2. The van der Waals surface area contributed by atoms with Gasteiger partial charge >= 0.3 is 5.97 Å². The van der Waals surface area contributed by atoms with Crippen LogP contribution in [-0.4, -0.2) is 44.1 Å². The lowest BCUT2D eigenvalue weighted by Gasteiger charge is -2.17. The number of nitro groups is 1. The molecule has 1 aliphatic rings. The molecule has 1 fully saturated rings. The fourth-order valence-corrected chi connectivity index (χ4v) is 2.97. The number of nitrogens with zero attached hydrogens (tertiary/aromatic N) is 2. The SMILES string of the molecule is COC(=O)c1cc(N2CC(S(N)(=O)=O)CC2=O)cc([N+](=O)[O-])c1. The molecule has 10 nitrogen and oxygen atoms in total. The predicted molar refractivity (Wildman–Crippen MR) is 78.3 cm³/mol. The van der Waals surface area contributed by atoms with Crippen LogP contribution in [0.4, 0.5) is 11.4 Å². The lowest BCUT2D eigenvalue weighted by atomic mass is 10.1. The van der Waals surface area contributed by atoms with Crippen LogP contribution in [0.2, 0.25) is 0 Å². The van der Waals surface area contributed by atoms with E-state index in [2.05, 4.69) is 4.74 Å². The molecule has 1 saturated heterocycles. The number of anilines is 1. The van der Waals surface area contributed by atoms with E-state index in [0.29, 0.717) is 0 Å². The summed E-state index contributed by atoms with van der Waals surface area (Å²) in [4.78, 5) is 34.9. The van der Waals surface area contributed by atoms with E-state index >= 15 is 0 Å². The van der Waals surface area contributed by atoms with E-state index < -0.39 is 37.8 Å². The molecule has 0 aliphatic carbocycles. The van der Waals surface area contributed by atoms with Gasteiger partial charge in [0.2, 0.25) is 15.9 Å². The second-order valence-electron chi connectivity index (χ2n) is 4.91. The first-order valence-corrected chi connectivity index (χ1v) is 7.94. The zero-order valence-electron chi connectivity index (χ0n) is 12.0. The normalized spacial score (nSPS) is 18.1. The molecule has 1 aromatic rings. The first-order valence-electron chi connectivity index (χ1n) is 6.33. The van der Waals surface area contributed by atoms with Crippen molar-refractivity contribution in [3.8, 4) is 0 Å². The second kappa shape index (κ2) is 5.93. The highest BCUT2D eigenvalue weighted by Crippen LogP contribution is 2.29. The maximum Gasteiger partial charge on any atom is 0.338 e. The zero-order chi connectivity index (χ0) is 17.4. The van der Waals surface area contributed by atoms with Gasteiger partial charge < -0.3 is 9.64 Å². The average molecular weight is 343 g/mol. The van der Waals surface area contributed by atoms with Crippen molar-refractivity contribution in [1.82, 2.24) is 0 Å². The van der Waals surface area contributed by atoms with Crippen LogP contribution in [0.1, 0.15) is 16.8 Å². The number of carbonyl (C=O) groups excluding carboxylic acids is 2. The van der Waals surface area contributed by atoms with Gasteiger partial charge in [-0.15, -0.1) is 0 Å². The molecule has 23 heavy (non-hydrogen) atoms. The molecule has 0 spiro atoms. The highest BCUT2D eigenvalue weighted by atomic mass is 32.2. The lowest BCUT2D eigenvalue weighted by molar-refractivity contribution is -0.384. The van der Waals surface area contributed by atoms with Gasteiger partial charge in [0.25, 0.3) is 5.69 Å². The first-order chi connectivity index (χ1) is 10.6. The topological polar surface area (TPSA) is 150 Å². The van der Waals surface area contributed by atoms with Crippen molar-refractivity contribution in [1.29, 1.82) is 0 Å². The summed E-state index contributed by atoms with van der Waals surface area (Å²) in [6.45, 7) is -0.237. The van der Waals surface area contributed by atoms with E-state index in [1.54, 1.807) is 0 Å². The number of hydrogen-bond acceptors (Lipinski definition) is 7. The van der Waals surface area contributed by atoms with Crippen LogP contribution in [0, 0.1) is 10.1 Å². The van der Waals surface area contributed by atoms with Crippen LogP contribution in [-0.2, 0) is 19.6 Å². The Labute approximate surface area is 131 Å². The Morgan fingerprint density at radius 1 is 1.43 bits per heavy atom. The van der Waals surface area contributed by atoms with E-state index in [1.165, 1.54) is 6.07 Å². The number of sulfonamides is 1. The summed E-state index contributed by atoms with van der Waals surface area (Å²) in [6, 6.07) is 3.31. The number of rotatable bonds is 4. The monoisotopic (exact) mass is 343 g/mol. The smallest absolute Gasteiger partial charge is 0.338 e. The Kier molecular flexibility index (Phi) is 4.34. The molecule has 0 saturated carbocycles. The summed E-state index contributed by atoms with van der Waals surface area (Å²) in [5.74, 6) is -1.37. The van der Waals surface area contributed by atoms with E-state index in [0.717, 1.165) is 24.1 Å². The van der Waals surface area contributed by atoms with Crippen molar-refractivity contribution >= 4 is 33.3 Å². The molecule has 0 radical (unpaired) electrons. The van der Waals surface area contributed by atoms with Crippen LogP contribution >= 0.6 is 0 Å². The summed E-state index contributed by atoms with van der Waals surface area (Å²) in [5, 5.41) is 14.9. The maximum absolute atomic E-state index is 12.0. The number of ether oxygens (including phenoxy) is 1. The Hall–Kier alpha value is -2.53. The minimum Gasteiger partial charge on any atom is -0.465 e. The number of nitrogens with two attached hydrogens (primary N) is 1. The lowest BCUT2D eigenvalue weighted by Crippen LogP contribution is -2.32. The predicted octanol–water partition coefficient (Wildman–Crippen LogP) is -0.225. The fourth-order valence-electron chi connectivity index (χ4n) is 2.24. The quantitative estimate of drug-likeness (QED) is 0.451. The van der Waals surface area contributed by atoms with Crippen LogP contribution < -0.4 is 10.0 Å². The molecular formula is C12H13N3O7S. The van der Waals surface area contributed by atoms with Crippen molar-refractivity contribution in [2.45, 2.75) is 11.7 Å². The minimum absolute atomic E-state index is 0.0377. The largest absolute Gasteiger partial charge is 0.465 e. The number of non-ortho nitro benzene ring substituents is 1. The minimum atomic E-state index is -3.92. The fraction of sp³-hybridized carbons (Fsp3) is 0.333. The van der Waals surface area contributed by atoms with Gasteiger partial charge in [0.05, 0.1) is 23.3 Å². The van der Waals surface area contributed by atoms with Gasteiger partial charge in [-0.25, -0.2) is 18.4 Å². The zero-order valence-corrected chi connectivity index (χ0v) is 12.8. The number of methoxy groups -OCH3 is 1. The number of hydrogen-bond donors (Lipinski definition) is 1. The molecule has 11 heteroatoms. The molecule has 124 valence electrons. The Bertz CT molecular complexity index is 790. The summed E-state index contributed by atoms with van der Waals surface area (Å²) >= 11 is 0. The number of benzene rings is 1. The highest BCUT2D eigenvalue weighted by Gasteiger charge is 2.37. The molecule has 2 rings (SSSR count). The number of esters is 1. The van der Waals surface area contributed by atoms with E-state index in [1.807, 2.05) is 0 Å². The van der Waals surface area contributed by atoms with Gasteiger partial charge in [-0.2, -0.15) is 0 Å². The van der Waals surface area contributed by atoms with Crippen molar-refractivity contribution in [3.05, 3.63) is 33.9 Å². The second-order valence-corrected chi connectivity index (χ2v) is 6.75.